The van der Waals surface area contributed by atoms with E-state index >= 15 is 0 Å². The summed E-state index contributed by atoms with van der Waals surface area (Å²) >= 11 is 6.08. The van der Waals surface area contributed by atoms with Gasteiger partial charge in [-0.05, 0) is 69.2 Å². The van der Waals surface area contributed by atoms with Crippen LogP contribution in [0.15, 0.2) is 42.5 Å². The van der Waals surface area contributed by atoms with Crippen molar-refractivity contribution < 1.29 is 19.7 Å². The van der Waals surface area contributed by atoms with Crippen molar-refractivity contribution in [2.45, 2.75) is 51.5 Å². The number of halogens is 1. The van der Waals surface area contributed by atoms with E-state index < -0.39 is 17.2 Å². The zero-order valence-corrected chi connectivity index (χ0v) is 17.3. The molecule has 2 aromatic rings. The average molecular weight is 404 g/mol. The predicted molar refractivity (Wildman–Crippen MR) is 109 cm³/mol. The zero-order chi connectivity index (χ0) is 20.7. The highest BCUT2D eigenvalue weighted by Crippen LogP contribution is 2.35. The number of carbonyl (C=O) groups is 1. The second-order valence-corrected chi connectivity index (χ2v) is 8.61. The van der Waals surface area contributed by atoms with Crippen molar-refractivity contribution >= 4 is 17.5 Å². The molecule has 1 aliphatic rings. The molecule has 1 atom stereocenters. The standard InChI is InChI=1S/C22H26ClNO4/c1-21(2,27)22(3,4)28-17-8-9-18-15(11-17)12-24(20(18)26)19(13-25)14-6-5-7-16(23)10-14/h5-11,19,25,27H,12-13H2,1-4H3. The largest absolute Gasteiger partial charge is 0.485 e. The average Bonchev–Trinajstić information content (AvgIpc) is 2.90. The second kappa shape index (κ2) is 7.39. The highest BCUT2D eigenvalue weighted by molar-refractivity contribution is 6.30. The number of nitrogens with zero attached hydrogens (tertiary/aromatic N) is 1. The SMILES string of the molecule is CC(C)(O)C(C)(C)Oc1ccc2c(c1)CN(C(CO)c1cccc(Cl)c1)C2=O. The minimum Gasteiger partial charge on any atom is -0.485 e. The third kappa shape index (κ3) is 3.88. The Morgan fingerprint density at radius 1 is 1.18 bits per heavy atom. The van der Waals surface area contributed by atoms with Gasteiger partial charge in [0.1, 0.15) is 11.4 Å². The van der Waals surface area contributed by atoms with Crippen molar-refractivity contribution in [3.05, 3.63) is 64.2 Å². The van der Waals surface area contributed by atoms with Crippen molar-refractivity contribution in [3.63, 3.8) is 0 Å². The maximum absolute atomic E-state index is 12.9. The predicted octanol–water partition coefficient (Wildman–Crippen LogP) is 3.96. The quantitative estimate of drug-likeness (QED) is 0.766. The van der Waals surface area contributed by atoms with Gasteiger partial charge in [-0.3, -0.25) is 4.79 Å². The minimum absolute atomic E-state index is 0.137. The molecule has 2 aromatic carbocycles. The molecule has 0 fully saturated rings. The van der Waals surface area contributed by atoms with Crippen molar-refractivity contribution in [2.24, 2.45) is 0 Å². The lowest BCUT2D eigenvalue weighted by molar-refractivity contribution is -0.0906. The number of hydrogen-bond acceptors (Lipinski definition) is 4. The molecule has 1 heterocycles. The van der Waals surface area contributed by atoms with E-state index in [4.69, 9.17) is 16.3 Å². The third-order valence-corrected chi connectivity index (χ3v) is 5.77. The normalized spacial score (nSPS) is 15.5. The maximum atomic E-state index is 12.9. The lowest BCUT2D eigenvalue weighted by Gasteiger charge is -2.37. The first-order valence-corrected chi connectivity index (χ1v) is 9.63. The molecule has 1 aliphatic heterocycles. The summed E-state index contributed by atoms with van der Waals surface area (Å²) in [7, 11) is 0. The zero-order valence-electron chi connectivity index (χ0n) is 16.6. The molecular formula is C22H26ClNO4. The molecule has 0 bridgehead atoms. The third-order valence-electron chi connectivity index (χ3n) is 5.54. The molecule has 5 nitrogen and oxygen atoms in total. The van der Waals surface area contributed by atoms with E-state index in [1.807, 2.05) is 26.0 Å². The van der Waals surface area contributed by atoms with Crippen LogP contribution < -0.4 is 4.74 Å². The van der Waals surface area contributed by atoms with Crippen molar-refractivity contribution in [1.82, 2.24) is 4.90 Å². The van der Waals surface area contributed by atoms with Gasteiger partial charge in [-0.15, -0.1) is 0 Å². The molecule has 3 rings (SSSR count). The van der Waals surface area contributed by atoms with Crippen LogP contribution in [0.2, 0.25) is 5.02 Å². The van der Waals surface area contributed by atoms with Gasteiger partial charge in [0, 0.05) is 17.1 Å². The van der Waals surface area contributed by atoms with Crippen molar-refractivity contribution in [2.75, 3.05) is 6.61 Å². The summed E-state index contributed by atoms with van der Waals surface area (Å²) < 4.78 is 6.00. The van der Waals surface area contributed by atoms with Crippen LogP contribution in [-0.4, -0.2) is 38.8 Å². The highest BCUT2D eigenvalue weighted by Gasteiger charge is 2.38. The molecule has 0 aliphatic carbocycles. The summed E-state index contributed by atoms with van der Waals surface area (Å²) in [4.78, 5) is 14.6. The monoisotopic (exact) mass is 403 g/mol. The van der Waals surface area contributed by atoms with Crippen LogP contribution in [0.3, 0.4) is 0 Å². The number of aliphatic hydroxyl groups is 2. The van der Waals surface area contributed by atoms with Crippen LogP contribution in [0, 0.1) is 0 Å². The molecule has 1 amide bonds. The molecule has 0 saturated heterocycles. The van der Waals surface area contributed by atoms with Crippen molar-refractivity contribution in [1.29, 1.82) is 0 Å². The first-order chi connectivity index (χ1) is 13.0. The molecule has 6 heteroatoms. The number of hydrogen-bond donors (Lipinski definition) is 2. The molecule has 0 spiro atoms. The van der Waals surface area contributed by atoms with E-state index in [-0.39, 0.29) is 12.5 Å². The summed E-state index contributed by atoms with van der Waals surface area (Å²) in [6, 6.07) is 12.0. The Balaban J connectivity index is 1.86. The van der Waals surface area contributed by atoms with E-state index in [1.54, 1.807) is 49.1 Å². The summed E-state index contributed by atoms with van der Waals surface area (Å²) in [5.74, 6) is 0.450. The summed E-state index contributed by atoms with van der Waals surface area (Å²) in [6.07, 6.45) is 0. The fourth-order valence-electron chi connectivity index (χ4n) is 3.15. The Bertz CT molecular complexity index is 888. The topological polar surface area (TPSA) is 70.0 Å². The van der Waals surface area contributed by atoms with Crippen LogP contribution in [-0.2, 0) is 6.54 Å². The Morgan fingerprint density at radius 3 is 2.50 bits per heavy atom. The first-order valence-electron chi connectivity index (χ1n) is 9.25. The van der Waals surface area contributed by atoms with Crippen molar-refractivity contribution in [3.8, 4) is 5.75 Å². The van der Waals surface area contributed by atoms with E-state index in [0.717, 1.165) is 11.1 Å². The summed E-state index contributed by atoms with van der Waals surface area (Å²) in [6.45, 7) is 7.20. The van der Waals surface area contributed by atoms with Gasteiger partial charge in [0.05, 0.1) is 18.2 Å². The highest BCUT2D eigenvalue weighted by atomic mass is 35.5. The molecule has 1 unspecified atom stereocenters. The fraction of sp³-hybridized carbons (Fsp3) is 0.409. The number of amides is 1. The molecule has 2 N–H and O–H groups in total. The molecule has 0 aromatic heterocycles. The number of carbonyl (C=O) groups excluding carboxylic acids is 1. The van der Waals surface area contributed by atoms with Gasteiger partial charge < -0.3 is 19.8 Å². The number of benzene rings is 2. The molecule has 150 valence electrons. The molecular weight excluding hydrogens is 378 g/mol. The van der Waals surface area contributed by atoms with Gasteiger partial charge in [0.2, 0.25) is 0 Å². The lowest BCUT2D eigenvalue weighted by atomic mass is 9.89. The van der Waals surface area contributed by atoms with Crippen LogP contribution in [0.25, 0.3) is 0 Å². The van der Waals surface area contributed by atoms with Gasteiger partial charge >= 0.3 is 0 Å². The maximum Gasteiger partial charge on any atom is 0.255 e. The number of rotatable bonds is 6. The van der Waals surface area contributed by atoms with E-state index in [9.17, 15) is 15.0 Å². The molecule has 0 radical (unpaired) electrons. The van der Waals surface area contributed by atoms with Gasteiger partial charge in [-0.2, -0.15) is 0 Å². The number of aliphatic hydroxyl groups excluding tert-OH is 1. The van der Waals surface area contributed by atoms with E-state index in [2.05, 4.69) is 0 Å². The fourth-order valence-corrected chi connectivity index (χ4v) is 3.35. The van der Waals surface area contributed by atoms with E-state index in [1.165, 1.54) is 0 Å². The number of ether oxygens (including phenoxy) is 1. The lowest BCUT2D eigenvalue weighted by Crippen LogP contribution is -2.49. The Hall–Kier alpha value is -2.08. The Labute approximate surface area is 170 Å². The Kier molecular flexibility index (Phi) is 5.45. The van der Waals surface area contributed by atoms with Crippen LogP contribution in [0.1, 0.15) is 55.2 Å². The van der Waals surface area contributed by atoms with Gasteiger partial charge in [-0.25, -0.2) is 0 Å². The van der Waals surface area contributed by atoms with E-state index in [0.29, 0.717) is 22.9 Å². The summed E-state index contributed by atoms with van der Waals surface area (Å²) in [5, 5.41) is 20.8. The minimum atomic E-state index is -1.04. The second-order valence-electron chi connectivity index (χ2n) is 8.18. The van der Waals surface area contributed by atoms with Gasteiger partial charge in [0.25, 0.3) is 5.91 Å². The summed E-state index contributed by atoms with van der Waals surface area (Å²) in [5.41, 5.74) is 0.361. The smallest absolute Gasteiger partial charge is 0.255 e. The van der Waals surface area contributed by atoms with Gasteiger partial charge in [0.15, 0.2) is 0 Å². The van der Waals surface area contributed by atoms with Crippen LogP contribution >= 0.6 is 11.6 Å². The Morgan fingerprint density at radius 2 is 1.89 bits per heavy atom. The van der Waals surface area contributed by atoms with Crippen LogP contribution in [0.4, 0.5) is 0 Å². The first kappa shape index (κ1) is 20.6. The number of fused-ring (bicyclic) bond motifs is 1. The van der Waals surface area contributed by atoms with Gasteiger partial charge in [-0.1, -0.05) is 23.7 Å². The molecule has 0 saturated carbocycles. The van der Waals surface area contributed by atoms with Crippen LogP contribution in [0.5, 0.6) is 5.75 Å². The molecule has 28 heavy (non-hydrogen) atoms.